The zero-order valence-corrected chi connectivity index (χ0v) is 11.2. The van der Waals surface area contributed by atoms with E-state index in [1.807, 2.05) is 13.8 Å². The second kappa shape index (κ2) is 5.04. The first kappa shape index (κ1) is 14.2. The van der Waals surface area contributed by atoms with Gasteiger partial charge < -0.3 is 10.1 Å². The van der Waals surface area contributed by atoms with Crippen molar-refractivity contribution in [1.82, 2.24) is 0 Å². The number of hydrogen-bond donors (Lipinski definition) is 1. The van der Waals surface area contributed by atoms with E-state index >= 15 is 0 Å². The molecule has 1 aromatic carbocycles. The monoisotopic (exact) mass is 281 g/mol. The third kappa shape index (κ3) is 2.55. The number of nitrogens with one attached hydrogen (secondary N) is 1. The van der Waals surface area contributed by atoms with Crippen molar-refractivity contribution < 1.29 is 14.6 Å². The summed E-state index contributed by atoms with van der Waals surface area (Å²) in [6.07, 6.45) is 0.611. The highest BCUT2D eigenvalue weighted by molar-refractivity contribution is 5.66. The Balaban J connectivity index is 2.36. The first-order valence-electron chi connectivity index (χ1n) is 6.16. The van der Waals surface area contributed by atoms with Crippen LogP contribution in [0, 0.1) is 20.2 Å². The van der Waals surface area contributed by atoms with E-state index in [0.717, 1.165) is 6.07 Å². The molecular formula is C12H15N3O5. The zero-order valence-electron chi connectivity index (χ0n) is 11.2. The molecule has 1 fully saturated rings. The molecule has 0 amide bonds. The molecule has 1 aliphatic heterocycles. The van der Waals surface area contributed by atoms with Crippen LogP contribution in [-0.4, -0.2) is 28.1 Å². The standard InChI is InChI=1S/C12H15N3O5/c1-8-12(2,5-6-20-8)13-10-4-3-9(14(16)17)7-11(10)15(18)19/h3-4,7-8,13H,5-6H2,1-2H3. The van der Waals surface area contributed by atoms with E-state index in [1.54, 1.807) is 0 Å². The summed E-state index contributed by atoms with van der Waals surface area (Å²) >= 11 is 0. The Labute approximate surface area is 115 Å². The van der Waals surface area contributed by atoms with Crippen LogP contribution in [0.2, 0.25) is 0 Å². The Kier molecular flexibility index (Phi) is 3.58. The lowest BCUT2D eigenvalue weighted by molar-refractivity contribution is -0.393. The molecule has 1 aliphatic rings. The molecule has 2 unspecified atom stereocenters. The minimum Gasteiger partial charge on any atom is -0.376 e. The smallest absolute Gasteiger partial charge is 0.299 e. The summed E-state index contributed by atoms with van der Waals surface area (Å²) in [4.78, 5) is 20.5. The molecule has 1 aromatic rings. The highest BCUT2D eigenvalue weighted by atomic mass is 16.6. The molecule has 1 saturated heterocycles. The summed E-state index contributed by atoms with van der Waals surface area (Å²) in [6, 6.07) is 3.58. The normalized spacial score (nSPS) is 25.4. The van der Waals surface area contributed by atoms with Crippen molar-refractivity contribution in [2.45, 2.75) is 31.9 Å². The van der Waals surface area contributed by atoms with Crippen molar-refractivity contribution in [2.24, 2.45) is 0 Å². The maximum atomic E-state index is 11.1. The fourth-order valence-corrected chi connectivity index (χ4v) is 2.20. The molecule has 2 rings (SSSR count). The van der Waals surface area contributed by atoms with Crippen LogP contribution in [0.3, 0.4) is 0 Å². The van der Waals surface area contributed by atoms with Gasteiger partial charge in [0.25, 0.3) is 11.4 Å². The third-order valence-corrected chi connectivity index (χ3v) is 3.70. The van der Waals surface area contributed by atoms with E-state index in [1.165, 1.54) is 12.1 Å². The van der Waals surface area contributed by atoms with Gasteiger partial charge in [0.1, 0.15) is 5.69 Å². The molecule has 0 spiro atoms. The summed E-state index contributed by atoms with van der Waals surface area (Å²) in [5.41, 5.74) is -0.774. The van der Waals surface area contributed by atoms with E-state index in [4.69, 9.17) is 4.74 Å². The number of hydrogen-bond acceptors (Lipinski definition) is 6. The van der Waals surface area contributed by atoms with Gasteiger partial charge in [-0.3, -0.25) is 20.2 Å². The highest BCUT2D eigenvalue weighted by Gasteiger charge is 2.38. The summed E-state index contributed by atoms with van der Waals surface area (Å²) in [5.74, 6) is 0. The van der Waals surface area contributed by atoms with Crippen molar-refractivity contribution in [1.29, 1.82) is 0 Å². The van der Waals surface area contributed by atoms with Crippen LogP contribution in [-0.2, 0) is 4.74 Å². The predicted octanol–water partition coefficient (Wildman–Crippen LogP) is 2.48. The lowest BCUT2D eigenvalue weighted by Gasteiger charge is -2.29. The number of rotatable bonds is 4. The van der Waals surface area contributed by atoms with Gasteiger partial charge in [-0.05, 0) is 26.3 Å². The number of benzene rings is 1. The lowest BCUT2D eigenvalue weighted by Crippen LogP contribution is -2.41. The van der Waals surface area contributed by atoms with Gasteiger partial charge in [-0.15, -0.1) is 0 Å². The zero-order chi connectivity index (χ0) is 14.9. The molecular weight excluding hydrogens is 266 g/mol. The van der Waals surface area contributed by atoms with Crippen molar-refractivity contribution in [2.75, 3.05) is 11.9 Å². The van der Waals surface area contributed by atoms with E-state index in [9.17, 15) is 20.2 Å². The van der Waals surface area contributed by atoms with Crippen LogP contribution in [0.5, 0.6) is 0 Å². The van der Waals surface area contributed by atoms with Gasteiger partial charge in [-0.25, -0.2) is 0 Å². The Bertz CT molecular complexity index is 562. The number of non-ortho nitro benzene ring substituents is 1. The maximum absolute atomic E-state index is 11.1. The molecule has 108 valence electrons. The molecule has 0 radical (unpaired) electrons. The second-order valence-electron chi connectivity index (χ2n) is 5.02. The van der Waals surface area contributed by atoms with Crippen LogP contribution in [0.15, 0.2) is 18.2 Å². The Morgan fingerprint density at radius 3 is 2.55 bits per heavy atom. The van der Waals surface area contributed by atoms with Crippen LogP contribution in [0.4, 0.5) is 17.1 Å². The molecule has 8 nitrogen and oxygen atoms in total. The number of nitrogens with zero attached hydrogens (tertiary/aromatic N) is 2. The first-order valence-corrected chi connectivity index (χ1v) is 6.16. The van der Waals surface area contributed by atoms with Gasteiger partial charge in [0, 0.05) is 12.7 Å². The number of anilines is 1. The average Bonchev–Trinajstić information content (AvgIpc) is 2.69. The second-order valence-corrected chi connectivity index (χ2v) is 5.02. The summed E-state index contributed by atoms with van der Waals surface area (Å²) in [6.45, 7) is 4.37. The van der Waals surface area contributed by atoms with E-state index in [0.29, 0.717) is 13.0 Å². The van der Waals surface area contributed by atoms with Crippen molar-refractivity contribution in [3.05, 3.63) is 38.4 Å². The van der Waals surface area contributed by atoms with Crippen LogP contribution in [0.1, 0.15) is 20.3 Å². The number of nitro benzene ring substituents is 2. The van der Waals surface area contributed by atoms with Crippen molar-refractivity contribution in [3.8, 4) is 0 Å². The molecule has 8 heteroatoms. The number of ether oxygens (including phenoxy) is 1. The van der Waals surface area contributed by atoms with Gasteiger partial charge in [-0.1, -0.05) is 0 Å². The molecule has 0 aliphatic carbocycles. The minimum atomic E-state index is -0.653. The largest absolute Gasteiger partial charge is 0.376 e. The third-order valence-electron chi connectivity index (χ3n) is 3.70. The molecule has 0 aromatic heterocycles. The Morgan fingerprint density at radius 2 is 2.05 bits per heavy atom. The van der Waals surface area contributed by atoms with E-state index < -0.39 is 15.4 Å². The molecule has 0 bridgehead atoms. The molecule has 0 saturated carbocycles. The minimum absolute atomic E-state index is 0.0997. The Morgan fingerprint density at radius 1 is 1.35 bits per heavy atom. The van der Waals surface area contributed by atoms with E-state index in [2.05, 4.69) is 5.32 Å². The molecule has 1 N–H and O–H groups in total. The fraction of sp³-hybridized carbons (Fsp3) is 0.500. The molecule has 20 heavy (non-hydrogen) atoms. The first-order chi connectivity index (χ1) is 9.33. The van der Waals surface area contributed by atoms with Crippen LogP contribution in [0.25, 0.3) is 0 Å². The van der Waals surface area contributed by atoms with Gasteiger partial charge in [0.2, 0.25) is 0 Å². The van der Waals surface area contributed by atoms with Crippen LogP contribution >= 0.6 is 0 Å². The summed E-state index contributed by atoms with van der Waals surface area (Å²) in [5, 5.41) is 24.9. The van der Waals surface area contributed by atoms with E-state index in [-0.39, 0.29) is 23.2 Å². The highest BCUT2D eigenvalue weighted by Crippen LogP contribution is 2.35. The predicted molar refractivity (Wildman–Crippen MR) is 71.8 cm³/mol. The molecule has 2 atom stereocenters. The summed E-state index contributed by atoms with van der Waals surface area (Å²) < 4.78 is 5.46. The fourth-order valence-electron chi connectivity index (χ4n) is 2.20. The topological polar surface area (TPSA) is 108 Å². The SMILES string of the molecule is CC1OCCC1(C)Nc1ccc([N+](=O)[O-])cc1[N+](=O)[O-]. The summed E-state index contributed by atoms with van der Waals surface area (Å²) in [7, 11) is 0. The van der Waals surface area contributed by atoms with Gasteiger partial charge >= 0.3 is 0 Å². The lowest BCUT2D eigenvalue weighted by atomic mass is 9.94. The van der Waals surface area contributed by atoms with Gasteiger partial charge in [0.05, 0.1) is 27.6 Å². The number of nitro groups is 2. The maximum Gasteiger partial charge on any atom is 0.299 e. The Hall–Kier alpha value is -2.22. The van der Waals surface area contributed by atoms with Crippen molar-refractivity contribution >= 4 is 17.1 Å². The van der Waals surface area contributed by atoms with Crippen molar-refractivity contribution in [3.63, 3.8) is 0 Å². The molecule has 1 heterocycles. The van der Waals surface area contributed by atoms with Gasteiger partial charge in [0.15, 0.2) is 0 Å². The quantitative estimate of drug-likeness (QED) is 0.671. The van der Waals surface area contributed by atoms with Crippen LogP contribution < -0.4 is 5.32 Å². The average molecular weight is 281 g/mol. The van der Waals surface area contributed by atoms with Gasteiger partial charge in [-0.2, -0.15) is 0 Å².